The molecule has 0 radical (unpaired) electrons. The predicted molar refractivity (Wildman–Crippen MR) is 139 cm³/mol. The van der Waals surface area contributed by atoms with Crippen LogP contribution in [0.25, 0.3) is 0 Å². The molecule has 1 fully saturated rings. The summed E-state index contributed by atoms with van der Waals surface area (Å²) >= 11 is 0. The second-order valence-corrected chi connectivity index (χ2v) is 9.37. The fourth-order valence-corrected chi connectivity index (χ4v) is 4.65. The molecule has 5 rings (SSSR count). The van der Waals surface area contributed by atoms with Crippen LogP contribution in [-0.2, 0) is 6.18 Å². The van der Waals surface area contributed by atoms with Gasteiger partial charge < -0.3 is 24.6 Å². The van der Waals surface area contributed by atoms with Gasteiger partial charge >= 0.3 is 12.2 Å². The number of halogens is 3. The molecule has 38 heavy (non-hydrogen) atoms. The quantitative estimate of drug-likeness (QED) is 0.419. The zero-order valence-corrected chi connectivity index (χ0v) is 21.2. The zero-order valence-electron chi connectivity index (χ0n) is 21.2. The van der Waals surface area contributed by atoms with Crippen LogP contribution in [0.3, 0.4) is 0 Å². The van der Waals surface area contributed by atoms with Gasteiger partial charge in [-0.25, -0.2) is 9.79 Å². The number of urea groups is 1. The number of alkyl halides is 3. The Morgan fingerprint density at radius 1 is 1.08 bits per heavy atom. The first kappa shape index (κ1) is 25.4. The van der Waals surface area contributed by atoms with Crippen molar-refractivity contribution in [3.8, 4) is 17.2 Å². The Hall–Kier alpha value is -4.21. The van der Waals surface area contributed by atoms with Crippen LogP contribution in [0.15, 0.2) is 65.7 Å². The van der Waals surface area contributed by atoms with Gasteiger partial charge in [0, 0.05) is 31.4 Å². The number of amides is 2. The largest absolute Gasteiger partial charge is 0.497 e. The molecule has 2 heterocycles. The van der Waals surface area contributed by atoms with Gasteiger partial charge in [-0.1, -0.05) is 12.1 Å². The highest BCUT2D eigenvalue weighted by atomic mass is 19.4. The van der Waals surface area contributed by atoms with Crippen molar-refractivity contribution in [2.24, 2.45) is 4.99 Å². The van der Waals surface area contributed by atoms with E-state index in [4.69, 9.17) is 14.5 Å². The van der Waals surface area contributed by atoms with Crippen LogP contribution in [0.2, 0.25) is 0 Å². The lowest BCUT2D eigenvalue weighted by molar-refractivity contribution is -0.137. The minimum absolute atomic E-state index is 0.0951. The van der Waals surface area contributed by atoms with Crippen LogP contribution < -0.4 is 14.8 Å². The van der Waals surface area contributed by atoms with Crippen LogP contribution in [-0.4, -0.2) is 54.5 Å². The third kappa shape index (κ3) is 5.11. The lowest BCUT2D eigenvalue weighted by atomic mass is 10.1. The number of aliphatic imine (C=N–C) groups is 1. The summed E-state index contributed by atoms with van der Waals surface area (Å²) in [6, 6.07) is 15.3. The molecule has 2 amide bonds. The molecule has 198 valence electrons. The van der Waals surface area contributed by atoms with Crippen molar-refractivity contribution in [2.75, 3.05) is 32.1 Å². The van der Waals surface area contributed by atoms with E-state index in [0.29, 0.717) is 48.4 Å². The Kier molecular flexibility index (Phi) is 6.64. The number of fused-ring (bicyclic) bond motifs is 2. The van der Waals surface area contributed by atoms with E-state index in [1.807, 2.05) is 50.2 Å². The van der Waals surface area contributed by atoms with Crippen molar-refractivity contribution in [3.05, 3.63) is 77.4 Å². The van der Waals surface area contributed by atoms with Gasteiger partial charge in [0.15, 0.2) is 5.75 Å². The van der Waals surface area contributed by atoms with Crippen LogP contribution in [0.1, 0.15) is 23.6 Å². The van der Waals surface area contributed by atoms with Gasteiger partial charge in [0.25, 0.3) is 0 Å². The van der Waals surface area contributed by atoms with Crippen molar-refractivity contribution < 1.29 is 27.4 Å². The molecule has 0 bridgehead atoms. The van der Waals surface area contributed by atoms with Gasteiger partial charge in [-0.3, -0.25) is 0 Å². The highest BCUT2D eigenvalue weighted by Crippen LogP contribution is 2.40. The molecule has 10 heteroatoms. The summed E-state index contributed by atoms with van der Waals surface area (Å²) in [6.45, 7) is 5.17. The van der Waals surface area contributed by atoms with Crippen molar-refractivity contribution in [3.63, 3.8) is 0 Å². The summed E-state index contributed by atoms with van der Waals surface area (Å²) in [4.78, 5) is 21.7. The van der Waals surface area contributed by atoms with E-state index >= 15 is 0 Å². The highest BCUT2D eigenvalue weighted by Gasteiger charge is 2.33. The maximum absolute atomic E-state index is 13.1. The molecule has 1 N–H and O–H groups in total. The molecule has 3 aromatic rings. The number of carbonyl (C=O) groups is 1. The van der Waals surface area contributed by atoms with Crippen LogP contribution in [0.4, 0.5) is 29.3 Å². The first-order valence-corrected chi connectivity index (χ1v) is 12.2. The molecule has 1 saturated heterocycles. The maximum Gasteiger partial charge on any atom is 0.416 e. The van der Waals surface area contributed by atoms with Crippen LogP contribution >= 0.6 is 0 Å². The number of piperazine rings is 1. The lowest BCUT2D eigenvalue weighted by Crippen LogP contribution is -2.56. The number of nitrogens with one attached hydrogen (secondary N) is 1. The van der Waals surface area contributed by atoms with Gasteiger partial charge in [0.2, 0.25) is 0 Å². The number of aryl methyl sites for hydroxylation is 1. The maximum atomic E-state index is 13.1. The summed E-state index contributed by atoms with van der Waals surface area (Å²) in [5.74, 6) is 2.66. The van der Waals surface area contributed by atoms with E-state index in [9.17, 15) is 18.0 Å². The van der Waals surface area contributed by atoms with Gasteiger partial charge in [-0.2, -0.15) is 13.2 Å². The lowest BCUT2D eigenvalue weighted by Gasteiger charge is -2.41. The molecule has 7 nitrogen and oxygen atoms in total. The average molecular weight is 525 g/mol. The number of anilines is 1. The normalized spacial score (nSPS) is 17.0. The number of carbonyl (C=O) groups excluding carboxylic acids is 1. The van der Waals surface area contributed by atoms with E-state index in [1.165, 1.54) is 12.1 Å². The third-order valence-corrected chi connectivity index (χ3v) is 6.62. The van der Waals surface area contributed by atoms with E-state index in [0.717, 1.165) is 23.3 Å². The standard InChI is InChI=1S/C28H27F3N4O3/c1-17-7-9-23-25(13-17)38-24-10-8-21(37-3)15-22(24)26(33-23)34-11-12-35(18(2)16-34)27(36)32-20-6-4-5-19(14-20)28(29,30)31/h4-10,13-15,18H,11-12,16H2,1-3H3,(H,32,36). The molecule has 0 spiro atoms. The second kappa shape index (κ2) is 9.92. The number of amidine groups is 1. The Morgan fingerprint density at radius 2 is 1.89 bits per heavy atom. The number of hydrogen-bond donors (Lipinski definition) is 1. The first-order valence-electron chi connectivity index (χ1n) is 12.2. The summed E-state index contributed by atoms with van der Waals surface area (Å²) in [7, 11) is 1.60. The van der Waals surface area contributed by atoms with Gasteiger partial charge in [-0.15, -0.1) is 0 Å². The third-order valence-electron chi connectivity index (χ3n) is 6.62. The first-order chi connectivity index (χ1) is 18.1. The van der Waals surface area contributed by atoms with Gasteiger partial charge in [0.05, 0.1) is 18.2 Å². The summed E-state index contributed by atoms with van der Waals surface area (Å²) in [5.41, 5.74) is 1.79. The molecule has 3 aromatic carbocycles. The molecular formula is C28H27F3N4O3. The average Bonchev–Trinajstić information content (AvgIpc) is 3.04. The molecule has 2 aliphatic rings. The van der Waals surface area contributed by atoms with E-state index in [2.05, 4.69) is 10.2 Å². The number of ether oxygens (including phenoxy) is 2. The number of hydrogen-bond acceptors (Lipinski definition) is 5. The van der Waals surface area contributed by atoms with E-state index in [-0.39, 0.29) is 11.7 Å². The molecule has 2 aliphatic heterocycles. The topological polar surface area (TPSA) is 66.4 Å². The second-order valence-electron chi connectivity index (χ2n) is 9.37. The Balaban J connectivity index is 1.39. The molecule has 0 saturated carbocycles. The number of methoxy groups -OCH3 is 1. The van der Waals surface area contributed by atoms with Gasteiger partial charge in [-0.05, 0) is 67.9 Å². The molecule has 0 aliphatic carbocycles. The summed E-state index contributed by atoms with van der Waals surface area (Å²) in [6.07, 6.45) is -4.49. The van der Waals surface area contributed by atoms with Crippen molar-refractivity contribution in [2.45, 2.75) is 26.1 Å². The van der Waals surface area contributed by atoms with E-state index < -0.39 is 17.8 Å². The van der Waals surface area contributed by atoms with Gasteiger partial charge in [0.1, 0.15) is 23.0 Å². The van der Waals surface area contributed by atoms with Crippen LogP contribution in [0, 0.1) is 6.92 Å². The Bertz CT molecular complexity index is 1410. The van der Waals surface area contributed by atoms with Crippen molar-refractivity contribution in [1.82, 2.24) is 9.80 Å². The molecule has 1 atom stereocenters. The number of rotatable bonds is 2. The minimum Gasteiger partial charge on any atom is -0.497 e. The summed E-state index contributed by atoms with van der Waals surface area (Å²) < 4.78 is 50.9. The monoisotopic (exact) mass is 524 g/mol. The Morgan fingerprint density at radius 3 is 2.63 bits per heavy atom. The predicted octanol–water partition coefficient (Wildman–Crippen LogP) is 6.44. The van der Waals surface area contributed by atoms with E-state index in [1.54, 1.807) is 12.0 Å². The zero-order chi connectivity index (χ0) is 27.0. The minimum atomic E-state index is -4.49. The summed E-state index contributed by atoms with van der Waals surface area (Å²) in [5, 5.41) is 2.61. The van der Waals surface area contributed by atoms with Crippen molar-refractivity contribution >= 4 is 23.2 Å². The fraction of sp³-hybridized carbons (Fsp3) is 0.286. The smallest absolute Gasteiger partial charge is 0.416 e. The van der Waals surface area contributed by atoms with Crippen LogP contribution in [0.5, 0.6) is 17.2 Å². The highest BCUT2D eigenvalue weighted by molar-refractivity contribution is 6.04. The van der Waals surface area contributed by atoms with Crippen molar-refractivity contribution in [1.29, 1.82) is 0 Å². The number of nitrogens with zero attached hydrogens (tertiary/aromatic N) is 3. The number of benzene rings is 3. The Labute approximate surface area is 218 Å². The SMILES string of the molecule is COc1ccc2c(c1)C(N1CCN(C(=O)Nc3cccc(C(F)(F)F)c3)C(C)C1)=Nc1ccc(C)cc1O2. The molecule has 0 aromatic heterocycles. The molecular weight excluding hydrogens is 497 g/mol. The fourth-order valence-electron chi connectivity index (χ4n) is 4.65. The molecule has 1 unspecified atom stereocenters.